The monoisotopic (exact) mass is 520 g/mol. The summed E-state index contributed by atoms with van der Waals surface area (Å²) >= 11 is 0. The van der Waals surface area contributed by atoms with E-state index in [-0.39, 0.29) is 29.2 Å². The van der Waals surface area contributed by atoms with E-state index in [1.54, 1.807) is 43.3 Å². The van der Waals surface area contributed by atoms with Crippen molar-refractivity contribution in [2.45, 2.75) is 70.8 Å². The van der Waals surface area contributed by atoms with Crippen LogP contribution in [-0.4, -0.2) is 19.3 Å². The SMILES string of the molecule is CC#CC1CCC(c2ccc(-c3ccc(-c4ccc(OCCCCCCC)c(F)c4F)cc3)c(F)c2)CO1. The van der Waals surface area contributed by atoms with Gasteiger partial charge in [-0.05, 0) is 61.1 Å². The molecule has 3 aromatic rings. The summed E-state index contributed by atoms with van der Waals surface area (Å²) in [6.07, 6.45) is 6.95. The Morgan fingerprint density at radius 1 is 0.842 bits per heavy atom. The van der Waals surface area contributed by atoms with Crippen LogP contribution < -0.4 is 4.74 Å². The van der Waals surface area contributed by atoms with Crippen LogP contribution in [0.1, 0.15) is 70.3 Å². The fourth-order valence-electron chi connectivity index (χ4n) is 4.89. The fraction of sp³-hybridized carbons (Fsp3) is 0.394. The molecular weight excluding hydrogens is 485 g/mol. The van der Waals surface area contributed by atoms with Gasteiger partial charge in [0.1, 0.15) is 11.9 Å². The first-order valence-electron chi connectivity index (χ1n) is 13.6. The molecule has 5 heteroatoms. The highest BCUT2D eigenvalue weighted by Crippen LogP contribution is 2.34. The average Bonchev–Trinajstić information content (AvgIpc) is 2.94. The largest absolute Gasteiger partial charge is 0.490 e. The van der Waals surface area contributed by atoms with E-state index in [2.05, 4.69) is 18.8 Å². The van der Waals surface area contributed by atoms with Crippen LogP contribution in [-0.2, 0) is 4.74 Å². The minimum absolute atomic E-state index is 0.0405. The van der Waals surface area contributed by atoms with Crippen molar-refractivity contribution in [3.8, 4) is 39.8 Å². The second-order valence-electron chi connectivity index (χ2n) is 9.81. The fourth-order valence-corrected chi connectivity index (χ4v) is 4.89. The van der Waals surface area contributed by atoms with Crippen LogP contribution in [0.25, 0.3) is 22.3 Å². The van der Waals surface area contributed by atoms with Gasteiger partial charge in [0.2, 0.25) is 5.82 Å². The lowest BCUT2D eigenvalue weighted by molar-refractivity contribution is 0.0383. The molecule has 1 fully saturated rings. The van der Waals surface area contributed by atoms with Gasteiger partial charge in [0.05, 0.1) is 13.2 Å². The molecule has 38 heavy (non-hydrogen) atoms. The summed E-state index contributed by atoms with van der Waals surface area (Å²) in [4.78, 5) is 0. The van der Waals surface area contributed by atoms with Crippen molar-refractivity contribution < 1.29 is 22.6 Å². The first kappa shape index (κ1) is 27.8. The zero-order valence-electron chi connectivity index (χ0n) is 22.2. The number of unbranched alkanes of at least 4 members (excludes halogenated alkanes) is 4. The lowest BCUT2D eigenvalue weighted by Crippen LogP contribution is -2.23. The quantitative estimate of drug-likeness (QED) is 0.196. The molecule has 1 aliphatic heterocycles. The second kappa shape index (κ2) is 13.5. The molecule has 3 aromatic carbocycles. The number of hydrogen-bond acceptors (Lipinski definition) is 2. The molecule has 4 rings (SSSR count). The molecule has 200 valence electrons. The van der Waals surface area contributed by atoms with E-state index in [4.69, 9.17) is 9.47 Å². The van der Waals surface area contributed by atoms with Crippen LogP contribution in [0, 0.1) is 29.3 Å². The molecule has 0 amide bonds. The number of rotatable bonds is 10. The second-order valence-corrected chi connectivity index (χ2v) is 9.81. The summed E-state index contributed by atoms with van der Waals surface area (Å²) in [5.74, 6) is 3.74. The van der Waals surface area contributed by atoms with Gasteiger partial charge in [-0.25, -0.2) is 8.78 Å². The maximum absolute atomic E-state index is 15.1. The van der Waals surface area contributed by atoms with E-state index in [0.717, 1.165) is 44.1 Å². The predicted molar refractivity (Wildman–Crippen MR) is 147 cm³/mol. The van der Waals surface area contributed by atoms with Gasteiger partial charge in [0.25, 0.3) is 0 Å². The van der Waals surface area contributed by atoms with E-state index in [1.807, 2.05) is 6.07 Å². The zero-order valence-corrected chi connectivity index (χ0v) is 22.2. The van der Waals surface area contributed by atoms with Crippen LogP contribution in [0.5, 0.6) is 5.75 Å². The molecule has 2 nitrogen and oxygen atoms in total. The summed E-state index contributed by atoms with van der Waals surface area (Å²) in [5.41, 5.74) is 2.69. The van der Waals surface area contributed by atoms with Crippen LogP contribution in [0.4, 0.5) is 13.2 Å². The highest BCUT2D eigenvalue weighted by molar-refractivity contribution is 5.71. The first-order valence-corrected chi connectivity index (χ1v) is 13.6. The predicted octanol–water partition coefficient (Wildman–Crippen LogP) is 9.07. The normalized spacial score (nSPS) is 17.1. The van der Waals surface area contributed by atoms with Crippen LogP contribution in [0.3, 0.4) is 0 Å². The highest BCUT2D eigenvalue weighted by Gasteiger charge is 2.23. The Balaban J connectivity index is 1.42. The van der Waals surface area contributed by atoms with Gasteiger partial charge in [-0.2, -0.15) is 4.39 Å². The Morgan fingerprint density at radius 3 is 2.21 bits per heavy atom. The molecule has 0 radical (unpaired) electrons. The van der Waals surface area contributed by atoms with Crippen molar-refractivity contribution in [2.24, 2.45) is 0 Å². The molecule has 2 unspecified atom stereocenters. The van der Waals surface area contributed by atoms with Crippen molar-refractivity contribution >= 4 is 0 Å². The van der Waals surface area contributed by atoms with Gasteiger partial charge in [-0.1, -0.05) is 74.9 Å². The van der Waals surface area contributed by atoms with E-state index in [9.17, 15) is 8.78 Å². The third kappa shape index (κ3) is 6.79. The molecule has 1 heterocycles. The molecule has 0 spiro atoms. The van der Waals surface area contributed by atoms with Crippen molar-refractivity contribution in [1.29, 1.82) is 0 Å². The van der Waals surface area contributed by atoms with Crippen molar-refractivity contribution in [3.05, 3.63) is 77.6 Å². The van der Waals surface area contributed by atoms with Gasteiger partial charge >= 0.3 is 0 Å². The van der Waals surface area contributed by atoms with E-state index in [1.165, 1.54) is 18.6 Å². The summed E-state index contributed by atoms with van der Waals surface area (Å²) in [6.45, 7) is 4.83. The number of ether oxygens (including phenoxy) is 2. The average molecular weight is 521 g/mol. The first-order chi connectivity index (χ1) is 18.5. The molecule has 1 saturated heterocycles. The molecule has 1 aliphatic rings. The van der Waals surface area contributed by atoms with Gasteiger partial charge in [-0.3, -0.25) is 0 Å². The highest BCUT2D eigenvalue weighted by atomic mass is 19.2. The van der Waals surface area contributed by atoms with Gasteiger partial charge in [-0.15, -0.1) is 5.92 Å². The number of halogens is 3. The van der Waals surface area contributed by atoms with Crippen LogP contribution in [0.15, 0.2) is 54.6 Å². The molecule has 0 bridgehead atoms. The summed E-state index contributed by atoms with van der Waals surface area (Å²) < 4.78 is 55.9. The Morgan fingerprint density at radius 2 is 1.55 bits per heavy atom. The van der Waals surface area contributed by atoms with Gasteiger partial charge in [0, 0.05) is 17.0 Å². The maximum Gasteiger partial charge on any atom is 0.201 e. The Hall–Kier alpha value is -3.23. The van der Waals surface area contributed by atoms with E-state index >= 15 is 4.39 Å². The maximum atomic E-state index is 15.1. The smallest absolute Gasteiger partial charge is 0.201 e. The molecule has 0 aromatic heterocycles. The minimum Gasteiger partial charge on any atom is -0.490 e. The topological polar surface area (TPSA) is 18.5 Å². The summed E-state index contributed by atoms with van der Waals surface area (Å²) in [5, 5.41) is 0. The van der Waals surface area contributed by atoms with Crippen LogP contribution >= 0.6 is 0 Å². The lowest BCUT2D eigenvalue weighted by atomic mass is 9.90. The standard InChI is InChI=1S/C33H35F3O2/c1-3-5-6-7-8-20-37-31-19-18-29(32(35)33(31)36)24-12-10-23(11-13-24)28-17-15-25(21-30(28)34)26-14-16-27(9-4-2)38-22-26/h10-13,15,17-19,21,26-27H,3,5-8,14,16,20,22H2,1-2H3. The number of benzene rings is 3. The van der Waals surface area contributed by atoms with E-state index in [0.29, 0.717) is 29.9 Å². The van der Waals surface area contributed by atoms with Gasteiger partial charge < -0.3 is 9.47 Å². The van der Waals surface area contributed by atoms with Crippen molar-refractivity contribution in [1.82, 2.24) is 0 Å². The van der Waals surface area contributed by atoms with E-state index < -0.39 is 11.6 Å². The third-order valence-corrected chi connectivity index (χ3v) is 7.11. The van der Waals surface area contributed by atoms with Gasteiger partial charge in [0.15, 0.2) is 11.6 Å². The lowest BCUT2D eigenvalue weighted by Gasteiger charge is -2.26. The third-order valence-electron chi connectivity index (χ3n) is 7.11. The van der Waals surface area contributed by atoms with Crippen molar-refractivity contribution in [2.75, 3.05) is 13.2 Å². The molecular formula is C33H35F3O2. The molecule has 0 saturated carbocycles. The van der Waals surface area contributed by atoms with Crippen LogP contribution in [0.2, 0.25) is 0 Å². The van der Waals surface area contributed by atoms with Crippen molar-refractivity contribution in [3.63, 3.8) is 0 Å². The summed E-state index contributed by atoms with van der Waals surface area (Å²) in [6, 6.07) is 15.1. The molecule has 0 aliphatic carbocycles. The summed E-state index contributed by atoms with van der Waals surface area (Å²) in [7, 11) is 0. The Bertz CT molecular complexity index is 1270. The Labute approximate surface area is 224 Å². The molecule has 0 N–H and O–H groups in total. The number of hydrogen-bond donors (Lipinski definition) is 0. The zero-order chi connectivity index (χ0) is 26.9. The molecule has 2 atom stereocenters. The minimum atomic E-state index is -0.985. The Kier molecular flexibility index (Phi) is 9.90.